The predicted octanol–water partition coefficient (Wildman–Crippen LogP) is 6.51. The molecule has 0 heterocycles. The van der Waals surface area contributed by atoms with Gasteiger partial charge in [0, 0.05) is 21.9 Å². The van der Waals surface area contributed by atoms with Gasteiger partial charge in [-0.3, -0.25) is 9.59 Å². The third kappa shape index (κ3) is 10.2. The van der Waals surface area contributed by atoms with E-state index in [9.17, 15) is 9.59 Å². The number of Topliss-reactive ketones (excluding diaryl/α,β-unsaturated/α-hetero) is 2. The Labute approximate surface area is 215 Å². The van der Waals surface area contributed by atoms with Gasteiger partial charge in [0.2, 0.25) is 0 Å². The van der Waals surface area contributed by atoms with Crippen LogP contribution in [0.25, 0.3) is 0 Å². The Morgan fingerprint density at radius 2 is 1.37 bits per heavy atom. The second-order valence-corrected chi connectivity index (χ2v) is 14.3. The zero-order valence-electron chi connectivity index (χ0n) is 24.2. The Bertz CT molecular complexity index is 839. The van der Waals surface area contributed by atoms with Crippen LogP contribution in [0.5, 0.6) is 0 Å². The second kappa shape index (κ2) is 11.3. The van der Waals surface area contributed by atoms with Gasteiger partial charge < -0.3 is 10.6 Å². The molecule has 1 aromatic carbocycles. The summed E-state index contributed by atoms with van der Waals surface area (Å²) < 4.78 is 0. The van der Waals surface area contributed by atoms with E-state index in [1.165, 1.54) is 12.8 Å². The van der Waals surface area contributed by atoms with Crippen LogP contribution in [0.3, 0.4) is 0 Å². The number of carbonyl (C=O) groups excluding carboxylic acids is 2. The summed E-state index contributed by atoms with van der Waals surface area (Å²) in [5.41, 5.74) is -0.0671. The van der Waals surface area contributed by atoms with E-state index in [4.69, 9.17) is 0 Å². The molecule has 198 valence electrons. The number of rotatable bonds is 13. The molecule has 0 aromatic heterocycles. The number of hydrogen-bond acceptors (Lipinski definition) is 4. The summed E-state index contributed by atoms with van der Waals surface area (Å²) in [4.78, 5) is 27.1. The van der Waals surface area contributed by atoms with Crippen molar-refractivity contribution in [1.82, 2.24) is 10.6 Å². The van der Waals surface area contributed by atoms with Crippen LogP contribution in [0, 0.1) is 16.7 Å². The molecule has 1 saturated carbocycles. The summed E-state index contributed by atoms with van der Waals surface area (Å²) in [6.07, 6.45) is 5.71. The summed E-state index contributed by atoms with van der Waals surface area (Å²) in [6.45, 7) is 20.9. The van der Waals surface area contributed by atoms with Crippen molar-refractivity contribution in [2.24, 2.45) is 16.7 Å². The van der Waals surface area contributed by atoms with Crippen molar-refractivity contribution < 1.29 is 9.59 Å². The molecule has 1 aliphatic rings. The fourth-order valence-corrected chi connectivity index (χ4v) is 4.79. The van der Waals surface area contributed by atoms with Crippen molar-refractivity contribution >= 4 is 11.6 Å². The summed E-state index contributed by atoms with van der Waals surface area (Å²) in [7, 11) is 0. The molecule has 0 bridgehead atoms. The van der Waals surface area contributed by atoms with E-state index in [-0.39, 0.29) is 28.9 Å². The first kappa shape index (κ1) is 29.7. The number of hydrogen-bond donors (Lipinski definition) is 2. The molecule has 0 amide bonds. The molecular formula is C31H52N2O2. The van der Waals surface area contributed by atoms with Crippen LogP contribution in [0.4, 0.5) is 0 Å². The maximum atomic E-state index is 13.7. The van der Waals surface area contributed by atoms with Gasteiger partial charge in [0.1, 0.15) is 0 Å². The van der Waals surface area contributed by atoms with E-state index >= 15 is 0 Å². The third-order valence-corrected chi connectivity index (χ3v) is 7.14. The highest BCUT2D eigenvalue weighted by molar-refractivity contribution is 5.89. The van der Waals surface area contributed by atoms with E-state index < -0.39 is 10.8 Å². The number of carbonyl (C=O) groups is 2. The van der Waals surface area contributed by atoms with Gasteiger partial charge in [-0.15, -0.1) is 0 Å². The first-order valence-corrected chi connectivity index (χ1v) is 13.6. The molecule has 1 aromatic rings. The number of nitrogens with one attached hydrogen (secondary N) is 2. The monoisotopic (exact) mass is 484 g/mol. The zero-order valence-corrected chi connectivity index (χ0v) is 24.2. The van der Waals surface area contributed by atoms with Gasteiger partial charge in [0.05, 0.1) is 12.1 Å². The molecule has 35 heavy (non-hydrogen) atoms. The smallest absolute Gasteiger partial charge is 0.155 e. The lowest BCUT2D eigenvalue weighted by atomic mass is 9.75. The first-order chi connectivity index (χ1) is 15.9. The molecule has 0 saturated heterocycles. The SMILES string of the molecule is CC(C)(C)NC(CC1CC1)C(=O)C(C)(C)CCC(C)(C)NC(Cc1ccccc1)C(=O)C(C)(C)C. The van der Waals surface area contributed by atoms with Gasteiger partial charge in [-0.25, -0.2) is 0 Å². The largest absolute Gasteiger partial charge is 0.303 e. The molecule has 4 heteroatoms. The van der Waals surface area contributed by atoms with Gasteiger partial charge in [-0.2, -0.15) is 0 Å². The average molecular weight is 485 g/mol. The Hall–Kier alpha value is -1.52. The van der Waals surface area contributed by atoms with E-state index in [1.807, 2.05) is 39.0 Å². The first-order valence-electron chi connectivity index (χ1n) is 13.6. The van der Waals surface area contributed by atoms with Crippen molar-refractivity contribution in [3.63, 3.8) is 0 Å². The van der Waals surface area contributed by atoms with Crippen LogP contribution >= 0.6 is 0 Å². The van der Waals surface area contributed by atoms with E-state index in [0.717, 1.165) is 24.8 Å². The van der Waals surface area contributed by atoms with E-state index in [2.05, 4.69) is 71.2 Å². The third-order valence-electron chi connectivity index (χ3n) is 7.14. The van der Waals surface area contributed by atoms with Crippen molar-refractivity contribution in [1.29, 1.82) is 0 Å². The number of ketones is 2. The Kier molecular flexibility index (Phi) is 9.55. The molecule has 2 atom stereocenters. The van der Waals surface area contributed by atoms with Gasteiger partial charge in [-0.1, -0.05) is 77.8 Å². The van der Waals surface area contributed by atoms with Crippen LogP contribution in [-0.2, 0) is 16.0 Å². The lowest BCUT2D eigenvalue weighted by Gasteiger charge is -2.38. The van der Waals surface area contributed by atoms with Crippen LogP contribution in [-0.4, -0.2) is 34.7 Å². The second-order valence-electron chi connectivity index (χ2n) is 14.3. The quantitative estimate of drug-likeness (QED) is 0.335. The van der Waals surface area contributed by atoms with Crippen LogP contribution in [0.15, 0.2) is 30.3 Å². The predicted molar refractivity (Wildman–Crippen MR) is 148 cm³/mol. The molecule has 2 N–H and O–H groups in total. The van der Waals surface area contributed by atoms with Gasteiger partial charge in [0.15, 0.2) is 11.6 Å². The molecule has 0 aliphatic heterocycles. The Morgan fingerprint density at radius 1 is 0.800 bits per heavy atom. The van der Waals surface area contributed by atoms with Gasteiger partial charge in [0.25, 0.3) is 0 Å². The van der Waals surface area contributed by atoms with Crippen molar-refractivity contribution in [2.75, 3.05) is 0 Å². The minimum Gasteiger partial charge on any atom is -0.303 e. The molecule has 1 fully saturated rings. The highest BCUT2D eigenvalue weighted by Gasteiger charge is 2.40. The standard InChI is InChI=1S/C31H52N2O2/c1-28(2,3)26(34)24(20-22-14-12-11-13-15-22)33-31(9,10)19-18-30(7,8)27(35)25(21-23-16-17-23)32-29(4,5)6/h11-15,23-25,32-33H,16-21H2,1-10H3. The average Bonchev–Trinajstić information content (AvgIpc) is 3.53. The van der Waals surface area contributed by atoms with E-state index in [1.54, 1.807) is 0 Å². The van der Waals surface area contributed by atoms with Crippen molar-refractivity contribution in [2.45, 2.75) is 131 Å². The van der Waals surface area contributed by atoms with E-state index in [0.29, 0.717) is 18.1 Å². The molecule has 0 spiro atoms. The Morgan fingerprint density at radius 3 is 1.86 bits per heavy atom. The highest BCUT2D eigenvalue weighted by atomic mass is 16.1. The normalized spacial score (nSPS) is 17.2. The minimum absolute atomic E-state index is 0.0932. The Balaban J connectivity index is 2.10. The van der Waals surface area contributed by atoms with Crippen molar-refractivity contribution in [3.05, 3.63) is 35.9 Å². The molecular weight excluding hydrogens is 432 g/mol. The van der Waals surface area contributed by atoms with Crippen LogP contribution in [0.2, 0.25) is 0 Å². The van der Waals surface area contributed by atoms with Gasteiger partial charge >= 0.3 is 0 Å². The van der Waals surface area contributed by atoms with Crippen molar-refractivity contribution in [3.8, 4) is 0 Å². The fourth-order valence-electron chi connectivity index (χ4n) is 4.79. The van der Waals surface area contributed by atoms with Crippen LogP contribution < -0.4 is 10.6 Å². The zero-order chi connectivity index (χ0) is 26.7. The topological polar surface area (TPSA) is 58.2 Å². The lowest BCUT2D eigenvalue weighted by Crippen LogP contribution is -2.54. The molecule has 2 rings (SSSR count). The minimum atomic E-state index is -0.431. The molecule has 2 unspecified atom stereocenters. The maximum Gasteiger partial charge on any atom is 0.155 e. The molecule has 1 aliphatic carbocycles. The maximum absolute atomic E-state index is 13.7. The lowest BCUT2D eigenvalue weighted by molar-refractivity contribution is -0.131. The van der Waals surface area contributed by atoms with Gasteiger partial charge in [-0.05, 0) is 71.8 Å². The highest BCUT2D eigenvalue weighted by Crippen LogP contribution is 2.37. The summed E-state index contributed by atoms with van der Waals surface area (Å²) in [5.74, 6) is 1.24. The number of benzene rings is 1. The summed E-state index contributed by atoms with van der Waals surface area (Å²) in [5, 5.41) is 7.30. The molecule has 0 radical (unpaired) electrons. The molecule has 4 nitrogen and oxygen atoms in total. The fraction of sp³-hybridized carbons (Fsp3) is 0.742. The summed E-state index contributed by atoms with van der Waals surface area (Å²) >= 11 is 0. The van der Waals surface area contributed by atoms with Crippen LogP contribution in [0.1, 0.15) is 107 Å². The summed E-state index contributed by atoms with van der Waals surface area (Å²) in [6, 6.07) is 9.86.